The normalized spacial score (nSPS) is 10.7. The Bertz CT molecular complexity index is 1240. The highest BCUT2D eigenvalue weighted by Crippen LogP contribution is 2.24. The first-order valence-electron chi connectivity index (χ1n) is 10.2. The molecule has 4 aromatic rings. The van der Waals surface area contributed by atoms with E-state index in [1.165, 1.54) is 17.9 Å². The average Bonchev–Trinajstić information content (AvgIpc) is 2.81. The Labute approximate surface area is 179 Å². The molecule has 0 amide bonds. The summed E-state index contributed by atoms with van der Waals surface area (Å²) in [6.45, 7) is 2.07. The minimum absolute atomic E-state index is 0.101. The molecule has 0 aliphatic carbocycles. The average molecular weight is 414 g/mol. The molecule has 0 atom stereocenters. The Balaban J connectivity index is 1.46. The van der Waals surface area contributed by atoms with Crippen LogP contribution in [0.25, 0.3) is 11.0 Å². The second-order valence-electron chi connectivity index (χ2n) is 7.15. The summed E-state index contributed by atoms with van der Waals surface area (Å²) in [4.78, 5) is 24.9. The molecule has 0 spiro atoms. The number of hydrogen-bond donors (Lipinski definition) is 0. The molecule has 0 saturated carbocycles. The number of ether oxygens (including phenoxy) is 2. The van der Waals surface area contributed by atoms with Gasteiger partial charge in [0.05, 0.1) is 5.39 Å². The van der Waals surface area contributed by atoms with E-state index in [0.29, 0.717) is 28.9 Å². The highest BCUT2D eigenvalue weighted by atomic mass is 16.5. The predicted octanol–water partition coefficient (Wildman–Crippen LogP) is 5.69. The summed E-state index contributed by atoms with van der Waals surface area (Å²) in [7, 11) is 0. The number of carbonyl (C=O) groups is 1. The van der Waals surface area contributed by atoms with Crippen LogP contribution in [0.4, 0.5) is 0 Å². The molecule has 0 aliphatic rings. The van der Waals surface area contributed by atoms with Gasteiger partial charge in [-0.2, -0.15) is 0 Å². The van der Waals surface area contributed by atoms with Gasteiger partial charge in [0.2, 0.25) is 11.2 Å². The van der Waals surface area contributed by atoms with Crippen LogP contribution < -0.4 is 14.9 Å². The Morgan fingerprint density at radius 2 is 1.65 bits per heavy atom. The molecule has 1 aromatic heterocycles. The lowest BCUT2D eigenvalue weighted by molar-refractivity contribution is -0.134. The lowest BCUT2D eigenvalue weighted by atomic mass is 10.1. The molecule has 4 rings (SSSR count). The molecule has 0 radical (unpaired) electrons. The highest BCUT2D eigenvalue weighted by Gasteiger charge is 2.12. The quantitative estimate of drug-likeness (QED) is 0.287. The molecule has 3 aromatic carbocycles. The molecule has 5 nitrogen and oxygen atoms in total. The minimum atomic E-state index is -0.346. The third-order valence-corrected chi connectivity index (χ3v) is 4.97. The van der Waals surface area contributed by atoms with Gasteiger partial charge in [0.15, 0.2) is 0 Å². The number of carbonyl (C=O) groups excluding carboxylic acids is 1. The van der Waals surface area contributed by atoms with Crippen LogP contribution in [0.2, 0.25) is 0 Å². The number of rotatable bonds is 7. The summed E-state index contributed by atoms with van der Waals surface area (Å²) in [5.74, 6) is 0.649. The van der Waals surface area contributed by atoms with E-state index in [-0.39, 0.29) is 23.6 Å². The van der Waals surface area contributed by atoms with Gasteiger partial charge in [-0.25, -0.2) is 0 Å². The van der Waals surface area contributed by atoms with E-state index < -0.39 is 0 Å². The van der Waals surface area contributed by atoms with Crippen molar-refractivity contribution in [3.05, 3.63) is 100 Å². The van der Waals surface area contributed by atoms with Crippen molar-refractivity contribution < 1.29 is 18.7 Å². The zero-order valence-corrected chi connectivity index (χ0v) is 17.2. The van der Waals surface area contributed by atoms with Crippen LogP contribution >= 0.6 is 0 Å². The van der Waals surface area contributed by atoms with E-state index in [1.54, 1.807) is 12.1 Å². The van der Waals surface area contributed by atoms with Gasteiger partial charge in [-0.3, -0.25) is 9.59 Å². The first kappa shape index (κ1) is 20.4. The molecule has 31 heavy (non-hydrogen) atoms. The number of aryl methyl sites for hydroxylation is 2. The molecule has 0 N–H and O–H groups in total. The van der Waals surface area contributed by atoms with Crippen molar-refractivity contribution in [3.63, 3.8) is 0 Å². The van der Waals surface area contributed by atoms with E-state index in [4.69, 9.17) is 13.9 Å². The topological polar surface area (TPSA) is 65.7 Å². The SMILES string of the molecule is CCc1ccc(Oc2coc3cc(OC(=O)CCc4ccccc4)ccc3c2=O)cc1. The highest BCUT2D eigenvalue weighted by molar-refractivity contribution is 5.80. The summed E-state index contributed by atoms with van der Waals surface area (Å²) in [6.07, 6.45) is 3.06. The molecule has 0 aliphatic heterocycles. The Morgan fingerprint density at radius 1 is 0.903 bits per heavy atom. The van der Waals surface area contributed by atoms with Crippen LogP contribution in [-0.4, -0.2) is 5.97 Å². The van der Waals surface area contributed by atoms with E-state index >= 15 is 0 Å². The zero-order chi connectivity index (χ0) is 21.6. The lowest BCUT2D eigenvalue weighted by Crippen LogP contribution is -2.09. The maximum atomic E-state index is 12.8. The van der Waals surface area contributed by atoms with Gasteiger partial charge in [-0.05, 0) is 48.2 Å². The Morgan fingerprint density at radius 3 is 2.39 bits per heavy atom. The van der Waals surface area contributed by atoms with Crippen molar-refractivity contribution >= 4 is 16.9 Å². The first-order chi connectivity index (χ1) is 15.1. The van der Waals surface area contributed by atoms with E-state index in [0.717, 1.165) is 12.0 Å². The van der Waals surface area contributed by atoms with Crippen molar-refractivity contribution in [2.45, 2.75) is 26.2 Å². The van der Waals surface area contributed by atoms with Crippen LogP contribution in [0.1, 0.15) is 24.5 Å². The van der Waals surface area contributed by atoms with Gasteiger partial charge in [-0.1, -0.05) is 49.4 Å². The minimum Gasteiger partial charge on any atom is -0.460 e. The monoisotopic (exact) mass is 414 g/mol. The summed E-state index contributed by atoms with van der Waals surface area (Å²) in [5.41, 5.74) is 2.29. The van der Waals surface area contributed by atoms with Gasteiger partial charge in [0, 0.05) is 12.5 Å². The van der Waals surface area contributed by atoms with Crippen LogP contribution in [0.15, 0.2) is 88.3 Å². The summed E-state index contributed by atoms with van der Waals surface area (Å²) >= 11 is 0. The zero-order valence-electron chi connectivity index (χ0n) is 17.2. The number of esters is 1. The van der Waals surface area contributed by atoms with Gasteiger partial charge in [0.1, 0.15) is 23.3 Å². The van der Waals surface area contributed by atoms with Crippen molar-refractivity contribution in [3.8, 4) is 17.2 Å². The Kier molecular flexibility index (Phi) is 6.13. The lowest BCUT2D eigenvalue weighted by Gasteiger charge is -2.08. The largest absolute Gasteiger partial charge is 0.460 e. The number of hydrogen-bond acceptors (Lipinski definition) is 5. The van der Waals surface area contributed by atoms with Crippen molar-refractivity contribution in [1.82, 2.24) is 0 Å². The second kappa shape index (κ2) is 9.30. The van der Waals surface area contributed by atoms with E-state index in [1.807, 2.05) is 54.6 Å². The molecule has 0 saturated heterocycles. The molecule has 156 valence electrons. The Hall–Kier alpha value is -3.86. The first-order valence-corrected chi connectivity index (χ1v) is 10.2. The predicted molar refractivity (Wildman–Crippen MR) is 119 cm³/mol. The van der Waals surface area contributed by atoms with Gasteiger partial charge < -0.3 is 13.9 Å². The smallest absolute Gasteiger partial charge is 0.311 e. The van der Waals surface area contributed by atoms with Gasteiger partial charge in [0.25, 0.3) is 0 Å². The summed E-state index contributed by atoms with van der Waals surface area (Å²) < 4.78 is 16.7. The maximum absolute atomic E-state index is 12.8. The molecule has 0 fully saturated rings. The van der Waals surface area contributed by atoms with Crippen LogP contribution in [0, 0.1) is 0 Å². The summed E-state index contributed by atoms with van der Waals surface area (Å²) in [6, 6.07) is 22.0. The van der Waals surface area contributed by atoms with Crippen LogP contribution in [-0.2, 0) is 17.6 Å². The fourth-order valence-electron chi connectivity index (χ4n) is 3.22. The molecule has 0 bridgehead atoms. The van der Waals surface area contributed by atoms with Crippen molar-refractivity contribution in [1.29, 1.82) is 0 Å². The molecule has 1 heterocycles. The maximum Gasteiger partial charge on any atom is 0.311 e. The molecule has 0 unspecified atom stereocenters. The molecular weight excluding hydrogens is 392 g/mol. The van der Waals surface area contributed by atoms with Crippen LogP contribution in [0.5, 0.6) is 17.2 Å². The standard InChI is InChI=1S/C26H22O5/c1-2-18-8-11-20(12-9-18)30-24-17-29-23-16-21(13-14-22(23)26(24)28)31-25(27)15-10-19-6-4-3-5-7-19/h3-9,11-14,16-17H,2,10,15H2,1H3. The third kappa shape index (κ3) is 5.01. The molecule has 5 heteroatoms. The fourth-order valence-corrected chi connectivity index (χ4v) is 3.22. The fraction of sp³-hybridized carbons (Fsp3) is 0.154. The van der Waals surface area contributed by atoms with E-state index in [2.05, 4.69) is 6.92 Å². The van der Waals surface area contributed by atoms with E-state index in [9.17, 15) is 9.59 Å². The summed E-state index contributed by atoms with van der Waals surface area (Å²) in [5, 5.41) is 0.353. The van der Waals surface area contributed by atoms with Crippen LogP contribution in [0.3, 0.4) is 0 Å². The van der Waals surface area contributed by atoms with Gasteiger partial charge >= 0.3 is 5.97 Å². The third-order valence-electron chi connectivity index (χ3n) is 4.97. The number of fused-ring (bicyclic) bond motifs is 1. The van der Waals surface area contributed by atoms with Gasteiger partial charge in [-0.15, -0.1) is 0 Å². The molecular formula is C26H22O5. The second-order valence-corrected chi connectivity index (χ2v) is 7.15. The van der Waals surface area contributed by atoms with Crippen molar-refractivity contribution in [2.75, 3.05) is 0 Å². The van der Waals surface area contributed by atoms with Crippen molar-refractivity contribution in [2.24, 2.45) is 0 Å². The number of benzene rings is 3.